The molecule has 1 saturated heterocycles. The number of aliphatic carboxylic acids is 1. The molecule has 108 valence electrons. The summed E-state index contributed by atoms with van der Waals surface area (Å²) in [4.78, 5) is 27.5. The molecule has 0 aromatic rings. The molecule has 2 aliphatic rings. The molecule has 0 bridgehead atoms. The van der Waals surface area contributed by atoms with Gasteiger partial charge in [0, 0.05) is 19.0 Å². The second-order valence-electron chi connectivity index (χ2n) is 6.03. The topological polar surface area (TPSA) is 60.9 Å². The molecule has 1 amide bonds. The van der Waals surface area contributed by atoms with Crippen molar-refractivity contribution in [3.8, 4) is 0 Å². The first-order valence-corrected chi connectivity index (χ1v) is 7.17. The number of carboxylic acid groups (broad SMARTS) is 1. The number of nitrogens with zero attached hydrogens (tertiary/aromatic N) is 2. The van der Waals surface area contributed by atoms with Crippen molar-refractivity contribution >= 4 is 11.9 Å². The van der Waals surface area contributed by atoms with Gasteiger partial charge in [0.1, 0.15) is 0 Å². The van der Waals surface area contributed by atoms with E-state index < -0.39 is 5.97 Å². The zero-order chi connectivity index (χ0) is 14.0. The first-order valence-electron chi connectivity index (χ1n) is 7.17. The summed E-state index contributed by atoms with van der Waals surface area (Å²) in [6, 6.07) is 0.326. The Morgan fingerprint density at radius 3 is 2.21 bits per heavy atom. The van der Waals surface area contributed by atoms with E-state index in [1.807, 2.05) is 11.9 Å². The molecule has 1 heterocycles. The van der Waals surface area contributed by atoms with Crippen LogP contribution in [-0.4, -0.2) is 60.0 Å². The number of likely N-dealkylation sites (tertiary alicyclic amines) is 1. The lowest BCUT2D eigenvalue weighted by Gasteiger charge is -2.36. The van der Waals surface area contributed by atoms with E-state index in [1.54, 1.807) is 0 Å². The van der Waals surface area contributed by atoms with Crippen LogP contribution in [0.5, 0.6) is 0 Å². The molecular formula is C14H24N2O3. The van der Waals surface area contributed by atoms with Crippen molar-refractivity contribution < 1.29 is 14.7 Å². The first kappa shape index (κ1) is 14.3. The van der Waals surface area contributed by atoms with E-state index in [0.717, 1.165) is 32.4 Å². The number of hydrogen-bond donors (Lipinski definition) is 1. The summed E-state index contributed by atoms with van der Waals surface area (Å²) >= 11 is 0. The Balaban J connectivity index is 1.87. The molecule has 2 fully saturated rings. The van der Waals surface area contributed by atoms with Gasteiger partial charge < -0.3 is 14.9 Å². The van der Waals surface area contributed by atoms with Gasteiger partial charge >= 0.3 is 5.97 Å². The van der Waals surface area contributed by atoms with Crippen molar-refractivity contribution in [1.29, 1.82) is 0 Å². The van der Waals surface area contributed by atoms with Crippen LogP contribution in [0, 0.1) is 11.8 Å². The maximum Gasteiger partial charge on any atom is 0.306 e. The van der Waals surface area contributed by atoms with E-state index in [1.165, 1.54) is 0 Å². The third-order valence-corrected chi connectivity index (χ3v) is 4.71. The molecule has 0 aromatic carbocycles. The van der Waals surface area contributed by atoms with Crippen molar-refractivity contribution in [2.45, 2.75) is 38.1 Å². The standard InChI is InChI=1S/C14H24N2O3/c1-15-7-5-12(6-8-15)16(2)13(17)10-3-4-11(9-10)14(18)19/h10-12H,3-9H2,1-2H3,(H,18,19). The molecule has 0 aromatic heterocycles. The molecule has 5 heteroatoms. The monoisotopic (exact) mass is 268 g/mol. The molecule has 1 saturated carbocycles. The number of carboxylic acids is 1. The average molecular weight is 268 g/mol. The van der Waals surface area contributed by atoms with Crippen LogP contribution in [0.3, 0.4) is 0 Å². The van der Waals surface area contributed by atoms with Crippen LogP contribution < -0.4 is 0 Å². The summed E-state index contributed by atoms with van der Waals surface area (Å²) in [7, 11) is 3.99. The predicted molar refractivity (Wildman–Crippen MR) is 71.8 cm³/mol. The zero-order valence-electron chi connectivity index (χ0n) is 11.8. The van der Waals surface area contributed by atoms with Crippen LogP contribution in [0.4, 0.5) is 0 Å². The summed E-state index contributed by atoms with van der Waals surface area (Å²) in [5.41, 5.74) is 0. The summed E-state index contributed by atoms with van der Waals surface area (Å²) in [6.07, 6.45) is 3.94. The van der Waals surface area contributed by atoms with Crippen molar-refractivity contribution in [1.82, 2.24) is 9.80 Å². The maximum absolute atomic E-state index is 12.4. The van der Waals surface area contributed by atoms with Crippen LogP contribution in [0.25, 0.3) is 0 Å². The van der Waals surface area contributed by atoms with Crippen LogP contribution >= 0.6 is 0 Å². The van der Waals surface area contributed by atoms with Gasteiger partial charge in [-0.3, -0.25) is 9.59 Å². The summed E-state index contributed by atoms with van der Waals surface area (Å²) < 4.78 is 0. The third kappa shape index (κ3) is 3.26. The Morgan fingerprint density at radius 1 is 1.11 bits per heavy atom. The summed E-state index contributed by atoms with van der Waals surface area (Å²) in [5, 5.41) is 9.00. The maximum atomic E-state index is 12.4. The van der Waals surface area contributed by atoms with E-state index in [4.69, 9.17) is 5.11 Å². The fourth-order valence-electron chi connectivity index (χ4n) is 3.28. The lowest BCUT2D eigenvalue weighted by atomic mass is 9.99. The van der Waals surface area contributed by atoms with Gasteiger partial charge in [-0.25, -0.2) is 0 Å². The molecule has 2 atom stereocenters. The van der Waals surface area contributed by atoms with Crippen LogP contribution in [0.1, 0.15) is 32.1 Å². The fraction of sp³-hybridized carbons (Fsp3) is 0.857. The normalized spacial score (nSPS) is 29.4. The highest BCUT2D eigenvalue weighted by Gasteiger charge is 2.36. The second-order valence-corrected chi connectivity index (χ2v) is 6.03. The minimum Gasteiger partial charge on any atom is -0.481 e. The molecule has 2 rings (SSSR count). The Morgan fingerprint density at radius 2 is 1.68 bits per heavy atom. The number of rotatable bonds is 3. The van der Waals surface area contributed by atoms with Gasteiger partial charge in [-0.1, -0.05) is 0 Å². The van der Waals surface area contributed by atoms with E-state index >= 15 is 0 Å². The highest BCUT2D eigenvalue weighted by molar-refractivity contribution is 5.81. The molecule has 0 radical (unpaired) electrons. The molecule has 2 unspecified atom stereocenters. The molecule has 1 aliphatic carbocycles. The quantitative estimate of drug-likeness (QED) is 0.831. The van der Waals surface area contributed by atoms with Crippen molar-refractivity contribution in [2.24, 2.45) is 11.8 Å². The number of piperidine rings is 1. The van der Waals surface area contributed by atoms with Crippen LogP contribution in [0.15, 0.2) is 0 Å². The number of carbonyl (C=O) groups is 2. The number of carbonyl (C=O) groups excluding carboxylic acids is 1. The molecule has 0 spiro atoms. The second kappa shape index (κ2) is 5.90. The third-order valence-electron chi connectivity index (χ3n) is 4.71. The minimum absolute atomic E-state index is 0.0780. The van der Waals surface area contributed by atoms with E-state index in [-0.39, 0.29) is 17.7 Å². The van der Waals surface area contributed by atoms with Crippen molar-refractivity contribution in [2.75, 3.05) is 27.2 Å². The predicted octanol–water partition coefficient (Wildman–Crippen LogP) is 1.04. The van der Waals surface area contributed by atoms with Gasteiger partial charge in [0.05, 0.1) is 5.92 Å². The highest BCUT2D eigenvalue weighted by atomic mass is 16.4. The highest BCUT2D eigenvalue weighted by Crippen LogP contribution is 2.33. The first-order chi connectivity index (χ1) is 8.99. The Hall–Kier alpha value is -1.10. The van der Waals surface area contributed by atoms with Gasteiger partial charge in [0.2, 0.25) is 5.91 Å². The minimum atomic E-state index is -0.753. The average Bonchev–Trinajstić information content (AvgIpc) is 2.87. The zero-order valence-corrected chi connectivity index (χ0v) is 11.8. The largest absolute Gasteiger partial charge is 0.481 e. The summed E-state index contributed by atoms with van der Waals surface area (Å²) in [5.74, 6) is -0.999. The van der Waals surface area contributed by atoms with Crippen LogP contribution in [0.2, 0.25) is 0 Å². The van der Waals surface area contributed by atoms with Gasteiger partial charge in [0.15, 0.2) is 0 Å². The molecule has 19 heavy (non-hydrogen) atoms. The SMILES string of the molecule is CN1CCC(N(C)C(=O)C2CCC(C(=O)O)C2)CC1. The van der Waals surface area contributed by atoms with Crippen molar-refractivity contribution in [3.63, 3.8) is 0 Å². The lowest BCUT2D eigenvalue weighted by Crippen LogP contribution is -2.46. The van der Waals surface area contributed by atoms with Gasteiger partial charge in [-0.2, -0.15) is 0 Å². The Labute approximate surface area is 114 Å². The fourth-order valence-corrected chi connectivity index (χ4v) is 3.28. The van der Waals surface area contributed by atoms with Gasteiger partial charge in [-0.15, -0.1) is 0 Å². The van der Waals surface area contributed by atoms with Gasteiger partial charge in [0.25, 0.3) is 0 Å². The molecule has 5 nitrogen and oxygen atoms in total. The smallest absolute Gasteiger partial charge is 0.306 e. The molecule has 1 aliphatic heterocycles. The van der Waals surface area contributed by atoms with E-state index in [9.17, 15) is 9.59 Å². The lowest BCUT2D eigenvalue weighted by molar-refractivity contribution is -0.141. The number of amides is 1. The summed E-state index contributed by atoms with van der Waals surface area (Å²) in [6.45, 7) is 2.06. The van der Waals surface area contributed by atoms with E-state index in [0.29, 0.717) is 18.9 Å². The van der Waals surface area contributed by atoms with E-state index in [2.05, 4.69) is 11.9 Å². The molecular weight excluding hydrogens is 244 g/mol. The van der Waals surface area contributed by atoms with Crippen molar-refractivity contribution in [3.05, 3.63) is 0 Å². The Kier molecular flexibility index (Phi) is 4.45. The van der Waals surface area contributed by atoms with Gasteiger partial charge in [-0.05, 0) is 52.2 Å². The number of hydrogen-bond acceptors (Lipinski definition) is 3. The Bertz CT molecular complexity index is 351. The molecule has 1 N–H and O–H groups in total. The van der Waals surface area contributed by atoms with Crippen LogP contribution in [-0.2, 0) is 9.59 Å².